The summed E-state index contributed by atoms with van der Waals surface area (Å²) in [6.07, 6.45) is 0.739. The predicted octanol–water partition coefficient (Wildman–Crippen LogP) is 3.77. The SMILES string of the molecule is CC1(C)CC(C)(C)c2c(c3ccccc3n2O)C1=O. The first kappa shape index (κ1) is 12.3. The third-order valence-corrected chi connectivity index (χ3v) is 4.22. The van der Waals surface area contributed by atoms with Gasteiger partial charge in [0.05, 0.1) is 16.8 Å². The topological polar surface area (TPSA) is 42.2 Å². The molecule has 1 N–H and O–H groups in total. The molecule has 3 nitrogen and oxygen atoms in total. The number of carbonyl (C=O) groups is 1. The van der Waals surface area contributed by atoms with Crippen molar-refractivity contribution in [1.82, 2.24) is 4.73 Å². The lowest BCUT2D eigenvalue weighted by Crippen LogP contribution is -2.40. The highest BCUT2D eigenvalue weighted by Gasteiger charge is 2.47. The monoisotopic (exact) mass is 257 g/mol. The smallest absolute Gasteiger partial charge is 0.171 e. The number of hydrogen-bond donors (Lipinski definition) is 1. The summed E-state index contributed by atoms with van der Waals surface area (Å²) in [5.41, 5.74) is 1.55. The van der Waals surface area contributed by atoms with Crippen molar-refractivity contribution in [2.24, 2.45) is 5.41 Å². The van der Waals surface area contributed by atoms with E-state index in [1.54, 1.807) is 0 Å². The van der Waals surface area contributed by atoms with Gasteiger partial charge >= 0.3 is 0 Å². The van der Waals surface area contributed by atoms with Crippen LogP contribution >= 0.6 is 0 Å². The van der Waals surface area contributed by atoms with Crippen LogP contribution in [0.1, 0.15) is 50.2 Å². The molecule has 0 amide bonds. The largest absolute Gasteiger partial charge is 0.428 e. The number of rotatable bonds is 0. The fourth-order valence-electron chi connectivity index (χ4n) is 3.69. The van der Waals surface area contributed by atoms with Crippen LogP contribution in [0.3, 0.4) is 0 Å². The van der Waals surface area contributed by atoms with Crippen LogP contribution in [0.4, 0.5) is 0 Å². The molecule has 0 atom stereocenters. The normalized spacial score (nSPS) is 20.5. The number of aromatic nitrogens is 1. The van der Waals surface area contributed by atoms with Gasteiger partial charge in [0, 0.05) is 16.2 Å². The van der Waals surface area contributed by atoms with E-state index in [0.29, 0.717) is 11.1 Å². The summed E-state index contributed by atoms with van der Waals surface area (Å²) >= 11 is 0. The molecule has 0 aliphatic heterocycles. The Kier molecular flexibility index (Phi) is 2.20. The van der Waals surface area contributed by atoms with E-state index in [-0.39, 0.29) is 16.6 Å². The van der Waals surface area contributed by atoms with Gasteiger partial charge in [0.1, 0.15) is 0 Å². The van der Waals surface area contributed by atoms with Gasteiger partial charge in [-0.25, -0.2) is 0 Å². The second-order valence-electron chi connectivity index (χ2n) is 6.83. The third-order valence-electron chi connectivity index (χ3n) is 4.22. The van der Waals surface area contributed by atoms with Crippen molar-refractivity contribution in [3.63, 3.8) is 0 Å². The Labute approximate surface area is 112 Å². The Morgan fingerprint density at radius 3 is 2.42 bits per heavy atom. The molecule has 1 aromatic heterocycles. The van der Waals surface area contributed by atoms with Crippen molar-refractivity contribution in [3.8, 4) is 0 Å². The van der Waals surface area contributed by atoms with Gasteiger partial charge in [-0.2, -0.15) is 4.73 Å². The highest BCUT2D eigenvalue weighted by atomic mass is 16.5. The molecule has 3 heteroatoms. The van der Waals surface area contributed by atoms with Gasteiger partial charge in [-0.3, -0.25) is 4.79 Å². The molecule has 0 bridgehead atoms. The van der Waals surface area contributed by atoms with Gasteiger partial charge in [0.2, 0.25) is 0 Å². The molecular weight excluding hydrogens is 238 g/mol. The summed E-state index contributed by atoms with van der Waals surface area (Å²) in [5, 5.41) is 11.3. The summed E-state index contributed by atoms with van der Waals surface area (Å²) in [6, 6.07) is 7.55. The zero-order chi connectivity index (χ0) is 14.0. The highest BCUT2D eigenvalue weighted by molar-refractivity contribution is 6.13. The lowest BCUT2D eigenvalue weighted by Gasteiger charge is -2.39. The lowest BCUT2D eigenvalue weighted by molar-refractivity contribution is 0.0733. The minimum Gasteiger partial charge on any atom is -0.428 e. The summed E-state index contributed by atoms with van der Waals surface area (Å²) in [7, 11) is 0. The maximum absolute atomic E-state index is 12.7. The minimum absolute atomic E-state index is 0.130. The van der Waals surface area contributed by atoms with Crippen LogP contribution in [0.2, 0.25) is 0 Å². The third kappa shape index (κ3) is 1.47. The summed E-state index contributed by atoms with van der Waals surface area (Å²) in [4.78, 5) is 12.7. The Balaban J connectivity index is 2.48. The fourth-order valence-corrected chi connectivity index (χ4v) is 3.69. The Morgan fingerprint density at radius 1 is 1.11 bits per heavy atom. The zero-order valence-electron chi connectivity index (χ0n) is 11.8. The maximum atomic E-state index is 12.7. The summed E-state index contributed by atoms with van der Waals surface area (Å²) < 4.78 is 1.21. The first-order valence-corrected chi connectivity index (χ1v) is 6.64. The van der Waals surface area contributed by atoms with Crippen molar-refractivity contribution in [3.05, 3.63) is 35.5 Å². The maximum Gasteiger partial charge on any atom is 0.171 e. The molecule has 0 saturated heterocycles. The molecule has 1 aromatic carbocycles. The van der Waals surface area contributed by atoms with E-state index < -0.39 is 0 Å². The van der Waals surface area contributed by atoms with Gasteiger partial charge in [0.25, 0.3) is 0 Å². The Hall–Kier alpha value is -1.77. The van der Waals surface area contributed by atoms with Crippen LogP contribution in [0.15, 0.2) is 24.3 Å². The average molecular weight is 257 g/mol. The van der Waals surface area contributed by atoms with E-state index in [2.05, 4.69) is 13.8 Å². The van der Waals surface area contributed by atoms with E-state index >= 15 is 0 Å². The number of fused-ring (bicyclic) bond motifs is 3. The molecule has 2 aromatic rings. The van der Waals surface area contributed by atoms with Crippen LogP contribution in [0, 0.1) is 5.41 Å². The van der Waals surface area contributed by atoms with Gasteiger partial charge in [-0.15, -0.1) is 0 Å². The molecule has 1 heterocycles. The Morgan fingerprint density at radius 2 is 1.74 bits per heavy atom. The zero-order valence-corrected chi connectivity index (χ0v) is 11.8. The minimum atomic E-state index is -0.388. The van der Waals surface area contributed by atoms with Crippen molar-refractivity contribution in [2.75, 3.05) is 0 Å². The van der Waals surface area contributed by atoms with E-state index in [0.717, 1.165) is 17.5 Å². The standard InChI is InChI=1S/C16H19NO2/c1-15(2)9-16(3,4)14(18)12-10-7-5-6-8-11(10)17(19)13(12)15/h5-8,19H,9H2,1-4H3. The van der Waals surface area contributed by atoms with Crippen LogP contribution in [0.25, 0.3) is 10.9 Å². The van der Waals surface area contributed by atoms with Gasteiger partial charge in [-0.05, 0) is 12.5 Å². The van der Waals surface area contributed by atoms with Crippen LogP contribution < -0.4 is 0 Å². The number of ketones is 1. The van der Waals surface area contributed by atoms with Crippen LogP contribution in [-0.4, -0.2) is 15.7 Å². The molecular formula is C16H19NO2. The van der Waals surface area contributed by atoms with Gasteiger partial charge in [0.15, 0.2) is 5.78 Å². The predicted molar refractivity (Wildman–Crippen MR) is 74.9 cm³/mol. The molecule has 1 aliphatic rings. The Bertz CT molecular complexity index is 692. The summed E-state index contributed by atoms with van der Waals surface area (Å²) in [6.45, 7) is 8.16. The number of carbonyl (C=O) groups excluding carboxylic acids is 1. The number of hydrogen-bond acceptors (Lipinski definition) is 2. The highest BCUT2D eigenvalue weighted by Crippen LogP contribution is 2.48. The van der Waals surface area contributed by atoms with E-state index in [4.69, 9.17) is 0 Å². The second kappa shape index (κ2) is 3.41. The van der Waals surface area contributed by atoms with Crippen molar-refractivity contribution >= 4 is 16.7 Å². The molecule has 1 aliphatic carbocycles. The first-order valence-electron chi connectivity index (χ1n) is 6.64. The molecule has 0 radical (unpaired) electrons. The molecule has 100 valence electrons. The van der Waals surface area contributed by atoms with Crippen molar-refractivity contribution in [1.29, 1.82) is 0 Å². The number of benzene rings is 1. The van der Waals surface area contributed by atoms with Gasteiger partial charge < -0.3 is 5.21 Å². The fraction of sp³-hybridized carbons (Fsp3) is 0.438. The van der Waals surface area contributed by atoms with Crippen molar-refractivity contribution < 1.29 is 10.0 Å². The molecule has 19 heavy (non-hydrogen) atoms. The number of Topliss-reactive ketones (excluding diaryl/α,β-unsaturated/α-hetero) is 1. The molecule has 0 spiro atoms. The quantitative estimate of drug-likeness (QED) is 0.730. The molecule has 0 fully saturated rings. The van der Waals surface area contributed by atoms with E-state index in [1.165, 1.54) is 4.73 Å². The van der Waals surface area contributed by atoms with Crippen LogP contribution in [0.5, 0.6) is 0 Å². The van der Waals surface area contributed by atoms with Crippen LogP contribution in [-0.2, 0) is 5.41 Å². The number of para-hydroxylation sites is 1. The number of nitrogens with zero attached hydrogens (tertiary/aromatic N) is 1. The first-order chi connectivity index (χ1) is 8.76. The summed E-state index contributed by atoms with van der Waals surface area (Å²) in [5.74, 6) is 0.130. The molecule has 0 unspecified atom stereocenters. The molecule has 3 rings (SSSR count). The average Bonchev–Trinajstić information content (AvgIpc) is 2.61. The lowest BCUT2D eigenvalue weighted by atomic mass is 9.64. The van der Waals surface area contributed by atoms with E-state index in [1.807, 2.05) is 38.1 Å². The van der Waals surface area contributed by atoms with E-state index in [9.17, 15) is 10.0 Å². The van der Waals surface area contributed by atoms with Gasteiger partial charge in [-0.1, -0.05) is 45.9 Å². The molecule has 0 saturated carbocycles. The van der Waals surface area contributed by atoms with Crippen molar-refractivity contribution in [2.45, 2.75) is 39.5 Å². The second-order valence-corrected chi connectivity index (χ2v) is 6.83.